The number of rotatable bonds is 5. The number of aliphatic carboxylic acids is 1. The summed E-state index contributed by atoms with van der Waals surface area (Å²) >= 11 is 0. The predicted molar refractivity (Wildman–Crippen MR) is 70.3 cm³/mol. The van der Waals surface area contributed by atoms with Crippen molar-refractivity contribution >= 4 is 11.9 Å². The normalized spacial score (nSPS) is 35.6. The van der Waals surface area contributed by atoms with Crippen molar-refractivity contribution in [1.82, 2.24) is 4.90 Å². The van der Waals surface area contributed by atoms with Crippen molar-refractivity contribution in [3.05, 3.63) is 12.2 Å². The van der Waals surface area contributed by atoms with Gasteiger partial charge in [0.25, 0.3) is 0 Å². The number of hydrogen-bond donors (Lipinski definition) is 1. The summed E-state index contributed by atoms with van der Waals surface area (Å²) < 4.78 is 0. The monoisotopic (exact) mass is 263 g/mol. The zero-order chi connectivity index (χ0) is 13.6. The van der Waals surface area contributed by atoms with Crippen LogP contribution in [0.15, 0.2) is 12.2 Å². The van der Waals surface area contributed by atoms with Crippen molar-refractivity contribution in [2.24, 2.45) is 29.6 Å². The Hall–Kier alpha value is -1.32. The molecule has 1 amide bonds. The van der Waals surface area contributed by atoms with Gasteiger partial charge >= 0.3 is 5.97 Å². The Morgan fingerprint density at radius 2 is 1.84 bits per heavy atom. The van der Waals surface area contributed by atoms with Gasteiger partial charge in [-0.05, 0) is 43.9 Å². The Kier molecular flexibility index (Phi) is 3.11. The van der Waals surface area contributed by atoms with Crippen LogP contribution in [0.2, 0.25) is 0 Å². The topological polar surface area (TPSA) is 57.6 Å². The maximum atomic E-state index is 12.7. The van der Waals surface area contributed by atoms with E-state index in [4.69, 9.17) is 0 Å². The number of nitrogens with zero attached hydrogens (tertiary/aromatic N) is 1. The van der Waals surface area contributed by atoms with Gasteiger partial charge in [-0.1, -0.05) is 12.2 Å². The van der Waals surface area contributed by atoms with Crippen molar-refractivity contribution in [2.45, 2.75) is 26.2 Å². The molecule has 0 aliphatic heterocycles. The van der Waals surface area contributed by atoms with Gasteiger partial charge in [-0.3, -0.25) is 9.59 Å². The number of amides is 1. The molecule has 3 aliphatic carbocycles. The van der Waals surface area contributed by atoms with E-state index in [1.807, 2.05) is 17.9 Å². The summed E-state index contributed by atoms with van der Waals surface area (Å²) in [6, 6.07) is 0. The van der Waals surface area contributed by atoms with Gasteiger partial charge < -0.3 is 10.0 Å². The fraction of sp³-hybridized carbons (Fsp3) is 0.733. The second-order valence-corrected chi connectivity index (χ2v) is 6.16. The van der Waals surface area contributed by atoms with E-state index in [-0.39, 0.29) is 23.7 Å². The molecule has 2 bridgehead atoms. The van der Waals surface area contributed by atoms with Gasteiger partial charge in [0.2, 0.25) is 5.91 Å². The highest BCUT2D eigenvalue weighted by molar-refractivity contribution is 5.87. The van der Waals surface area contributed by atoms with Gasteiger partial charge in [0.05, 0.1) is 11.8 Å². The fourth-order valence-corrected chi connectivity index (χ4v) is 3.69. The molecule has 4 nitrogen and oxygen atoms in total. The van der Waals surface area contributed by atoms with E-state index in [0.717, 1.165) is 13.0 Å². The first-order chi connectivity index (χ1) is 9.11. The van der Waals surface area contributed by atoms with E-state index >= 15 is 0 Å². The maximum absolute atomic E-state index is 12.7. The Labute approximate surface area is 113 Å². The highest BCUT2D eigenvalue weighted by Gasteiger charge is 2.52. The van der Waals surface area contributed by atoms with Crippen LogP contribution in [0, 0.1) is 29.6 Å². The van der Waals surface area contributed by atoms with Crippen LogP contribution in [0.4, 0.5) is 0 Å². The molecule has 4 heteroatoms. The van der Waals surface area contributed by atoms with Gasteiger partial charge in [0, 0.05) is 13.1 Å². The van der Waals surface area contributed by atoms with Gasteiger partial charge in [-0.15, -0.1) is 0 Å². The Morgan fingerprint density at radius 3 is 2.37 bits per heavy atom. The lowest BCUT2D eigenvalue weighted by Gasteiger charge is -2.30. The SMILES string of the molecule is CCN(CC1CC1)C(=O)C1C2C=CC(C2)C1C(=O)O. The molecule has 0 aromatic carbocycles. The predicted octanol–water partition coefficient (Wildman–Crippen LogP) is 1.77. The standard InChI is InChI=1S/C15H21NO3/c1-2-16(8-9-3-4-9)14(17)12-10-5-6-11(7-10)13(12)15(18)19/h5-6,9-13H,2-4,7-8H2,1H3,(H,18,19). The number of carboxylic acid groups (broad SMARTS) is 1. The minimum absolute atomic E-state index is 0.0658. The minimum atomic E-state index is -0.808. The van der Waals surface area contributed by atoms with E-state index in [0.29, 0.717) is 12.5 Å². The lowest BCUT2D eigenvalue weighted by Crippen LogP contribution is -2.43. The molecule has 0 saturated heterocycles. The quantitative estimate of drug-likeness (QED) is 0.769. The third-order valence-electron chi connectivity index (χ3n) is 4.90. The van der Waals surface area contributed by atoms with Crippen LogP contribution in [0.3, 0.4) is 0 Å². The second-order valence-electron chi connectivity index (χ2n) is 6.16. The minimum Gasteiger partial charge on any atom is -0.481 e. The van der Waals surface area contributed by atoms with Crippen LogP contribution in [-0.2, 0) is 9.59 Å². The van der Waals surface area contributed by atoms with Crippen molar-refractivity contribution in [1.29, 1.82) is 0 Å². The van der Waals surface area contributed by atoms with Crippen LogP contribution in [0.25, 0.3) is 0 Å². The zero-order valence-electron chi connectivity index (χ0n) is 11.3. The molecule has 3 aliphatic rings. The Balaban J connectivity index is 1.77. The van der Waals surface area contributed by atoms with E-state index in [1.165, 1.54) is 12.8 Å². The van der Waals surface area contributed by atoms with E-state index in [2.05, 4.69) is 6.08 Å². The Bertz CT molecular complexity index is 427. The first-order valence-electron chi connectivity index (χ1n) is 7.31. The lowest BCUT2D eigenvalue weighted by atomic mass is 9.82. The average molecular weight is 263 g/mol. The Morgan fingerprint density at radius 1 is 1.21 bits per heavy atom. The number of allylic oxidation sites excluding steroid dienone is 2. The van der Waals surface area contributed by atoms with Crippen molar-refractivity contribution in [2.75, 3.05) is 13.1 Å². The molecule has 3 rings (SSSR count). The molecule has 2 saturated carbocycles. The molecule has 4 atom stereocenters. The van der Waals surface area contributed by atoms with Crippen molar-refractivity contribution < 1.29 is 14.7 Å². The maximum Gasteiger partial charge on any atom is 0.307 e. The molecule has 4 unspecified atom stereocenters. The fourth-order valence-electron chi connectivity index (χ4n) is 3.69. The molecule has 0 aromatic heterocycles. The van der Waals surface area contributed by atoms with Crippen LogP contribution < -0.4 is 0 Å². The van der Waals surface area contributed by atoms with Gasteiger partial charge in [0.1, 0.15) is 0 Å². The average Bonchev–Trinajstić information content (AvgIpc) is 2.97. The van der Waals surface area contributed by atoms with Crippen LogP contribution in [0.1, 0.15) is 26.2 Å². The smallest absolute Gasteiger partial charge is 0.307 e. The van der Waals surface area contributed by atoms with Crippen LogP contribution >= 0.6 is 0 Å². The molecule has 0 radical (unpaired) electrons. The first kappa shape index (κ1) is 12.7. The molecule has 0 heterocycles. The molecule has 104 valence electrons. The van der Waals surface area contributed by atoms with E-state index in [9.17, 15) is 14.7 Å². The molecule has 1 N–H and O–H groups in total. The van der Waals surface area contributed by atoms with E-state index in [1.54, 1.807) is 0 Å². The summed E-state index contributed by atoms with van der Waals surface area (Å²) in [5, 5.41) is 9.40. The summed E-state index contributed by atoms with van der Waals surface area (Å²) in [6.07, 6.45) is 7.31. The molecular formula is C15H21NO3. The number of fused-ring (bicyclic) bond motifs is 2. The highest BCUT2D eigenvalue weighted by atomic mass is 16.4. The second kappa shape index (κ2) is 4.66. The number of carbonyl (C=O) groups excluding carboxylic acids is 1. The number of hydrogen-bond acceptors (Lipinski definition) is 2. The van der Waals surface area contributed by atoms with Gasteiger partial charge in [-0.2, -0.15) is 0 Å². The van der Waals surface area contributed by atoms with Crippen molar-refractivity contribution in [3.8, 4) is 0 Å². The summed E-state index contributed by atoms with van der Waals surface area (Å²) in [6.45, 7) is 3.50. The molecule has 19 heavy (non-hydrogen) atoms. The number of carbonyl (C=O) groups is 2. The molecule has 2 fully saturated rings. The van der Waals surface area contributed by atoms with Crippen molar-refractivity contribution in [3.63, 3.8) is 0 Å². The summed E-state index contributed by atoms with van der Waals surface area (Å²) in [5.74, 6) is -0.706. The zero-order valence-corrected chi connectivity index (χ0v) is 11.3. The third kappa shape index (κ3) is 2.17. The largest absolute Gasteiger partial charge is 0.481 e. The third-order valence-corrected chi connectivity index (χ3v) is 4.90. The van der Waals surface area contributed by atoms with Crippen LogP contribution in [-0.4, -0.2) is 35.0 Å². The van der Waals surface area contributed by atoms with Gasteiger partial charge in [0.15, 0.2) is 0 Å². The molecule has 0 aromatic rings. The van der Waals surface area contributed by atoms with Crippen LogP contribution in [0.5, 0.6) is 0 Å². The molecule has 0 spiro atoms. The highest BCUT2D eigenvalue weighted by Crippen LogP contribution is 2.49. The molecular weight excluding hydrogens is 242 g/mol. The summed E-state index contributed by atoms with van der Waals surface area (Å²) in [4.78, 5) is 26.0. The van der Waals surface area contributed by atoms with E-state index < -0.39 is 11.9 Å². The van der Waals surface area contributed by atoms with Gasteiger partial charge in [-0.25, -0.2) is 0 Å². The number of carboxylic acids is 1. The lowest BCUT2D eigenvalue weighted by molar-refractivity contribution is -0.151. The summed E-state index contributed by atoms with van der Waals surface area (Å²) in [5.41, 5.74) is 0. The first-order valence-corrected chi connectivity index (χ1v) is 7.31. The summed E-state index contributed by atoms with van der Waals surface area (Å²) in [7, 11) is 0.